The third kappa shape index (κ3) is 22.6. The quantitative estimate of drug-likeness (QED) is 0.672. The van der Waals surface area contributed by atoms with Crippen LogP contribution in [0, 0.1) is 0 Å². The second-order valence-electron chi connectivity index (χ2n) is 3.52. The summed E-state index contributed by atoms with van der Waals surface area (Å²) in [7, 11) is 3.37. The van der Waals surface area contributed by atoms with Gasteiger partial charge in [-0.3, -0.25) is 0 Å². The molecule has 0 heterocycles. The molecule has 0 radical (unpaired) electrons. The van der Waals surface area contributed by atoms with Gasteiger partial charge in [0, 0.05) is 39.5 Å². The number of rotatable bonds is 6. The summed E-state index contributed by atoms with van der Waals surface area (Å²) < 4.78 is 9.55. The average molecular weight is 206 g/mol. The molecule has 0 aromatic heterocycles. The van der Waals surface area contributed by atoms with E-state index in [1.54, 1.807) is 14.2 Å². The Kier molecular flexibility index (Phi) is 14.9. The van der Waals surface area contributed by atoms with Gasteiger partial charge in [-0.15, -0.1) is 0 Å². The number of methoxy groups -OCH3 is 2. The van der Waals surface area contributed by atoms with Crippen molar-refractivity contribution in [2.75, 3.05) is 27.4 Å². The first-order valence-corrected chi connectivity index (χ1v) is 5.03. The first-order chi connectivity index (χ1) is 6.54. The summed E-state index contributed by atoms with van der Waals surface area (Å²) in [5.74, 6) is 0. The third-order valence-corrected chi connectivity index (χ3v) is 1.55. The minimum Gasteiger partial charge on any atom is -0.385 e. The molecule has 4 N–H and O–H groups in total. The van der Waals surface area contributed by atoms with Crippen molar-refractivity contribution in [3.8, 4) is 0 Å². The van der Waals surface area contributed by atoms with Crippen molar-refractivity contribution >= 4 is 0 Å². The Morgan fingerprint density at radius 1 is 0.857 bits per heavy atom. The van der Waals surface area contributed by atoms with Crippen LogP contribution in [-0.4, -0.2) is 39.5 Å². The number of hydrogen-bond acceptors (Lipinski definition) is 4. The molecule has 14 heavy (non-hydrogen) atoms. The highest BCUT2D eigenvalue weighted by Gasteiger charge is 1.89. The van der Waals surface area contributed by atoms with Crippen LogP contribution in [-0.2, 0) is 9.47 Å². The van der Waals surface area contributed by atoms with E-state index in [1.807, 2.05) is 13.8 Å². The molecule has 0 aromatic rings. The van der Waals surface area contributed by atoms with Gasteiger partial charge in [-0.25, -0.2) is 0 Å². The largest absolute Gasteiger partial charge is 0.385 e. The fourth-order valence-electron chi connectivity index (χ4n) is 0.607. The van der Waals surface area contributed by atoms with Gasteiger partial charge >= 0.3 is 0 Å². The van der Waals surface area contributed by atoms with E-state index in [0.717, 1.165) is 26.1 Å². The molecule has 0 saturated heterocycles. The molecule has 0 bridgehead atoms. The Morgan fingerprint density at radius 2 is 1.14 bits per heavy atom. The van der Waals surface area contributed by atoms with E-state index >= 15 is 0 Å². The highest BCUT2D eigenvalue weighted by molar-refractivity contribution is 4.49. The SMILES string of the molecule is COCCC(C)N.COCCC(C)N. The Hall–Kier alpha value is -0.160. The monoisotopic (exact) mass is 206 g/mol. The molecule has 0 aliphatic heterocycles. The van der Waals surface area contributed by atoms with E-state index in [9.17, 15) is 0 Å². The Labute approximate surface area is 87.9 Å². The van der Waals surface area contributed by atoms with E-state index in [1.165, 1.54) is 0 Å². The minimum absolute atomic E-state index is 0.278. The molecule has 2 unspecified atom stereocenters. The normalized spacial score (nSPS) is 14.1. The van der Waals surface area contributed by atoms with Crippen LogP contribution >= 0.6 is 0 Å². The van der Waals surface area contributed by atoms with Gasteiger partial charge in [0.1, 0.15) is 0 Å². The van der Waals surface area contributed by atoms with Crippen molar-refractivity contribution < 1.29 is 9.47 Å². The third-order valence-electron chi connectivity index (χ3n) is 1.55. The zero-order valence-corrected chi connectivity index (χ0v) is 9.95. The number of hydrogen-bond donors (Lipinski definition) is 2. The van der Waals surface area contributed by atoms with E-state index in [2.05, 4.69) is 0 Å². The molecule has 0 amide bonds. The van der Waals surface area contributed by atoms with Crippen LogP contribution in [0.5, 0.6) is 0 Å². The van der Waals surface area contributed by atoms with Crippen molar-refractivity contribution in [1.29, 1.82) is 0 Å². The molecule has 0 aliphatic rings. The Morgan fingerprint density at radius 3 is 1.21 bits per heavy atom. The lowest BCUT2D eigenvalue weighted by molar-refractivity contribution is 0.189. The summed E-state index contributed by atoms with van der Waals surface area (Å²) in [5, 5.41) is 0. The molecule has 4 nitrogen and oxygen atoms in total. The van der Waals surface area contributed by atoms with Crippen molar-refractivity contribution in [1.82, 2.24) is 0 Å². The first kappa shape index (κ1) is 16.3. The van der Waals surface area contributed by atoms with E-state index in [0.29, 0.717) is 0 Å². The lowest BCUT2D eigenvalue weighted by Gasteiger charge is -2.00. The van der Waals surface area contributed by atoms with E-state index in [4.69, 9.17) is 20.9 Å². The highest BCUT2D eigenvalue weighted by atomic mass is 16.5. The van der Waals surface area contributed by atoms with Crippen molar-refractivity contribution in [2.45, 2.75) is 38.8 Å². The van der Waals surface area contributed by atoms with E-state index in [-0.39, 0.29) is 12.1 Å². The van der Waals surface area contributed by atoms with E-state index < -0.39 is 0 Å². The minimum atomic E-state index is 0.278. The second kappa shape index (κ2) is 12.8. The summed E-state index contributed by atoms with van der Waals surface area (Å²) >= 11 is 0. The molecule has 0 rings (SSSR count). The zero-order chi connectivity index (χ0) is 11.4. The van der Waals surface area contributed by atoms with Gasteiger partial charge in [-0.1, -0.05) is 0 Å². The van der Waals surface area contributed by atoms with Gasteiger partial charge in [-0.2, -0.15) is 0 Å². The standard InChI is InChI=1S/2C5H13NO/c2*1-5(6)3-4-7-2/h2*5H,3-4,6H2,1-2H3. The van der Waals surface area contributed by atoms with Gasteiger partial charge in [0.15, 0.2) is 0 Å². The zero-order valence-electron chi connectivity index (χ0n) is 9.95. The van der Waals surface area contributed by atoms with Crippen LogP contribution in [0.2, 0.25) is 0 Å². The second-order valence-corrected chi connectivity index (χ2v) is 3.52. The van der Waals surface area contributed by atoms with Crippen molar-refractivity contribution in [3.05, 3.63) is 0 Å². The smallest absolute Gasteiger partial charge is 0.0476 e. The summed E-state index contributed by atoms with van der Waals surface area (Å²) in [6, 6.07) is 0.555. The summed E-state index contributed by atoms with van der Waals surface area (Å²) in [4.78, 5) is 0. The molecule has 0 fully saturated rings. The number of ether oxygens (including phenoxy) is 2. The lowest BCUT2D eigenvalue weighted by Crippen LogP contribution is -2.16. The molecule has 88 valence electrons. The summed E-state index contributed by atoms with van der Waals surface area (Å²) in [6.45, 7) is 5.49. The van der Waals surface area contributed by atoms with Crippen LogP contribution < -0.4 is 11.5 Å². The maximum Gasteiger partial charge on any atom is 0.0476 e. The maximum atomic E-state index is 5.40. The Balaban J connectivity index is 0. The van der Waals surface area contributed by atoms with Crippen LogP contribution in [0.25, 0.3) is 0 Å². The molecule has 0 aliphatic carbocycles. The average Bonchev–Trinajstić information content (AvgIpc) is 2.12. The fraction of sp³-hybridized carbons (Fsp3) is 1.00. The van der Waals surface area contributed by atoms with Crippen molar-refractivity contribution in [2.24, 2.45) is 11.5 Å². The molecule has 0 saturated carbocycles. The fourth-order valence-corrected chi connectivity index (χ4v) is 0.607. The molecule has 0 spiro atoms. The first-order valence-electron chi connectivity index (χ1n) is 5.03. The van der Waals surface area contributed by atoms with Gasteiger partial charge in [0.2, 0.25) is 0 Å². The maximum absolute atomic E-state index is 5.40. The number of nitrogens with two attached hydrogens (primary N) is 2. The van der Waals surface area contributed by atoms with Gasteiger partial charge in [-0.05, 0) is 26.7 Å². The highest BCUT2D eigenvalue weighted by Crippen LogP contribution is 1.83. The molecule has 4 heteroatoms. The van der Waals surface area contributed by atoms with Crippen LogP contribution in [0.1, 0.15) is 26.7 Å². The predicted octanol–water partition coefficient (Wildman–Crippen LogP) is 0.740. The molecule has 0 aromatic carbocycles. The van der Waals surface area contributed by atoms with Crippen molar-refractivity contribution in [3.63, 3.8) is 0 Å². The molecule has 2 atom stereocenters. The van der Waals surface area contributed by atoms with Gasteiger partial charge in [0.25, 0.3) is 0 Å². The van der Waals surface area contributed by atoms with Gasteiger partial charge in [0.05, 0.1) is 0 Å². The predicted molar refractivity (Wildman–Crippen MR) is 60.3 cm³/mol. The summed E-state index contributed by atoms with van der Waals surface area (Å²) in [5.41, 5.74) is 10.8. The summed E-state index contributed by atoms with van der Waals surface area (Å²) in [6.07, 6.45) is 1.91. The lowest BCUT2D eigenvalue weighted by atomic mass is 10.3. The van der Waals surface area contributed by atoms with Gasteiger partial charge < -0.3 is 20.9 Å². The Bertz CT molecular complexity index is 86.1. The topological polar surface area (TPSA) is 70.5 Å². The van der Waals surface area contributed by atoms with Crippen LogP contribution in [0.15, 0.2) is 0 Å². The van der Waals surface area contributed by atoms with Crippen LogP contribution in [0.4, 0.5) is 0 Å². The van der Waals surface area contributed by atoms with Crippen LogP contribution in [0.3, 0.4) is 0 Å². The molecular weight excluding hydrogens is 180 g/mol. The molecular formula is C10H26N2O2.